The summed E-state index contributed by atoms with van der Waals surface area (Å²) in [6.45, 7) is -0.801. The molecule has 2 aliphatic carbocycles. The number of amides is 1. The number of methoxy groups -OCH3 is 1. The maximum Gasteiger partial charge on any atom is 0.387 e. The lowest BCUT2D eigenvalue weighted by Gasteiger charge is -2.19. The third-order valence-electron chi connectivity index (χ3n) is 7.11. The van der Waals surface area contributed by atoms with Gasteiger partial charge in [-0.15, -0.1) is 0 Å². The van der Waals surface area contributed by atoms with Crippen molar-refractivity contribution in [3.05, 3.63) is 47.8 Å². The molecule has 3 aromatic rings. The predicted molar refractivity (Wildman–Crippen MR) is 125 cm³/mol. The molecule has 180 valence electrons. The van der Waals surface area contributed by atoms with E-state index in [1.807, 2.05) is 10.6 Å². The van der Waals surface area contributed by atoms with Gasteiger partial charge < -0.3 is 14.8 Å². The molecule has 1 amide bonds. The van der Waals surface area contributed by atoms with Gasteiger partial charge in [0.2, 0.25) is 0 Å². The maximum atomic E-state index is 13.2. The number of pyridine rings is 1. The van der Waals surface area contributed by atoms with Crippen molar-refractivity contribution in [3.8, 4) is 22.8 Å². The second-order valence-corrected chi connectivity index (χ2v) is 9.34. The first-order valence-corrected chi connectivity index (χ1v) is 11.9. The third kappa shape index (κ3) is 4.45. The number of aromatic nitrogens is 2. The molecule has 0 saturated heterocycles. The van der Waals surface area contributed by atoms with Crippen LogP contribution in [-0.4, -0.2) is 35.1 Å². The number of alkyl halides is 2. The number of nitrogens with one attached hydrogen (secondary N) is 1. The van der Waals surface area contributed by atoms with Crippen LogP contribution in [0, 0.1) is 5.92 Å². The standard InChI is InChI=1S/C26H29F2N3O3/c1-15(16-5-3-4-6-16)17-9-10-31-20(14-29-23(31)13-17)18-11-21(33-2)24(22(12-18)34-26(27)28)25(32)30-19-7-8-19/h9-16,19,26H,3-8H2,1-2H3,(H,30,32). The first-order chi connectivity index (χ1) is 16.4. The fourth-order valence-corrected chi connectivity index (χ4v) is 5.02. The van der Waals surface area contributed by atoms with Crippen LogP contribution in [0.15, 0.2) is 36.7 Å². The average Bonchev–Trinajstić information content (AvgIpc) is 3.30. The molecule has 2 saturated carbocycles. The Kier molecular flexibility index (Phi) is 6.15. The molecule has 1 atom stereocenters. The second-order valence-electron chi connectivity index (χ2n) is 9.34. The molecule has 2 aromatic heterocycles. The van der Waals surface area contributed by atoms with Gasteiger partial charge >= 0.3 is 6.61 Å². The van der Waals surface area contributed by atoms with Gasteiger partial charge in [-0.05, 0) is 67.3 Å². The summed E-state index contributed by atoms with van der Waals surface area (Å²) in [6.07, 6.45) is 10.5. The molecule has 2 heterocycles. The molecule has 0 bridgehead atoms. The highest BCUT2D eigenvalue weighted by Gasteiger charge is 2.29. The molecule has 1 aromatic carbocycles. The van der Waals surface area contributed by atoms with Crippen LogP contribution in [0.1, 0.15) is 67.3 Å². The average molecular weight is 470 g/mol. The zero-order valence-electron chi connectivity index (χ0n) is 19.4. The van der Waals surface area contributed by atoms with Crippen LogP contribution in [-0.2, 0) is 0 Å². The van der Waals surface area contributed by atoms with E-state index < -0.39 is 12.5 Å². The molecule has 34 heavy (non-hydrogen) atoms. The first-order valence-electron chi connectivity index (χ1n) is 11.9. The van der Waals surface area contributed by atoms with E-state index >= 15 is 0 Å². The van der Waals surface area contributed by atoms with Gasteiger partial charge in [-0.2, -0.15) is 8.78 Å². The second kappa shape index (κ2) is 9.24. The van der Waals surface area contributed by atoms with Crippen LogP contribution in [0.25, 0.3) is 16.9 Å². The van der Waals surface area contributed by atoms with Gasteiger partial charge in [-0.3, -0.25) is 9.20 Å². The zero-order chi connectivity index (χ0) is 23.8. The monoisotopic (exact) mass is 469 g/mol. The minimum absolute atomic E-state index is 0.0278. The topological polar surface area (TPSA) is 64.9 Å². The van der Waals surface area contributed by atoms with Crippen molar-refractivity contribution < 1.29 is 23.0 Å². The number of rotatable bonds is 8. The third-order valence-corrected chi connectivity index (χ3v) is 7.11. The summed E-state index contributed by atoms with van der Waals surface area (Å²) < 4.78 is 38.6. The van der Waals surface area contributed by atoms with Crippen molar-refractivity contribution in [1.29, 1.82) is 0 Å². The van der Waals surface area contributed by atoms with Crippen LogP contribution < -0.4 is 14.8 Å². The minimum atomic E-state index is -3.07. The normalized spacial score (nSPS) is 17.3. The van der Waals surface area contributed by atoms with E-state index in [-0.39, 0.29) is 23.1 Å². The molecule has 0 radical (unpaired) electrons. The van der Waals surface area contributed by atoms with E-state index in [2.05, 4.69) is 29.4 Å². The van der Waals surface area contributed by atoms with Crippen molar-refractivity contribution in [1.82, 2.24) is 14.7 Å². The largest absolute Gasteiger partial charge is 0.496 e. The molecule has 2 aliphatic rings. The van der Waals surface area contributed by atoms with Crippen molar-refractivity contribution in [2.75, 3.05) is 7.11 Å². The summed E-state index contributed by atoms with van der Waals surface area (Å²) in [5, 5.41) is 2.82. The van der Waals surface area contributed by atoms with Gasteiger partial charge in [0.1, 0.15) is 22.7 Å². The Morgan fingerprint density at radius 1 is 1.15 bits per heavy atom. The number of hydrogen-bond acceptors (Lipinski definition) is 4. The summed E-state index contributed by atoms with van der Waals surface area (Å²) in [5.41, 5.74) is 3.27. The quantitative estimate of drug-likeness (QED) is 0.453. The number of fused-ring (bicyclic) bond motifs is 1. The number of benzene rings is 1. The molecule has 1 N–H and O–H groups in total. The molecular weight excluding hydrogens is 440 g/mol. The summed E-state index contributed by atoms with van der Waals surface area (Å²) >= 11 is 0. The SMILES string of the molecule is COc1cc(-c2cnc3cc(C(C)C4CCCC4)ccn23)cc(OC(F)F)c1C(=O)NC1CC1. The van der Waals surface area contributed by atoms with Crippen LogP contribution >= 0.6 is 0 Å². The lowest BCUT2D eigenvalue weighted by molar-refractivity contribution is -0.0502. The highest BCUT2D eigenvalue weighted by atomic mass is 19.3. The van der Waals surface area contributed by atoms with E-state index in [0.29, 0.717) is 23.1 Å². The Morgan fingerprint density at radius 2 is 1.88 bits per heavy atom. The Balaban J connectivity index is 1.53. The summed E-state index contributed by atoms with van der Waals surface area (Å²) in [7, 11) is 1.41. The fraction of sp³-hybridized carbons (Fsp3) is 0.462. The number of carbonyl (C=O) groups is 1. The number of imidazole rings is 1. The van der Waals surface area contributed by atoms with Crippen LogP contribution in [0.2, 0.25) is 0 Å². The molecule has 8 heteroatoms. The van der Waals surface area contributed by atoms with Crippen LogP contribution in [0.5, 0.6) is 11.5 Å². The molecule has 6 nitrogen and oxygen atoms in total. The fourth-order valence-electron chi connectivity index (χ4n) is 5.02. The maximum absolute atomic E-state index is 13.2. The first kappa shape index (κ1) is 22.6. The van der Waals surface area contributed by atoms with Crippen molar-refractivity contribution in [2.24, 2.45) is 5.92 Å². The molecule has 2 fully saturated rings. The van der Waals surface area contributed by atoms with E-state index in [1.54, 1.807) is 12.3 Å². The van der Waals surface area contributed by atoms with Gasteiger partial charge in [-0.25, -0.2) is 4.98 Å². The number of carbonyl (C=O) groups excluding carboxylic acids is 1. The van der Waals surface area contributed by atoms with Gasteiger partial charge in [0.25, 0.3) is 5.91 Å². The molecular formula is C26H29F2N3O3. The van der Waals surface area contributed by atoms with Gasteiger partial charge in [0.05, 0.1) is 19.0 Å². The summed E-state index contributed by atoms with van der Waals surface area (Å²) in [6, 6.07) is 7.38. The van der Waals surface area contributed by atoms with Crippen molar-refractivity contribution >= 4 is 11.6 Å². The van der Waals surface area contributed by atoms with Crippen molar-refractivity contribution in [3.63, 3.8) is 0 Å². The molecule has 0 spiro atoms. The Hall–Kier alpha value is -3.16. The van der Waals surface area contributed by atoms with Crippen LogP contribution in [0.4, 0.5) is 8.78 Å². The van der Waals surface area contributed by atoms with E-state index in [9.17, 15) is 13.6 Å². The smallest absolute Gasteiger partial charge is 0.387 e. The van der Waals surface area contributed by atoms with Gasteiger partial charge in [0, 0.05) is 17.8 Å². The Bertz CT molecular complexity index is 1200. The summed E-state index contributed by atoms with van der Waals surface area (Å²) in [5.74, 6) is 0.634. The number of ether oxygens (including phenoxy) is 2. The zero-order valence-corrected chi connectivity index (χ0v) is 19.4. The van der Waals surface area contributed by atoms with E-state index in [0.717, 1.165) is 18.5 Å². The number of halogens is 2. The Morgan fingerprint density at radius 3 is 2.56 bits per heavy atom. The molecule has 1 unspecified atom stereocenters. The van der Waals surface area contributed by atoms with E-state index in [1.165, 1.54) is 44.4 Å². The van der Waals surface area contributed by atoms with Gasteiger partial charge in [-0.1, -0.05) is 19.8 Å². The summed E-state index contributed by atoms with van der Waals surface area (Å²) in [4.78, 5) is 17.3. The predicted octanol–water partition coefficient (Wildman–Crippen LogP) is 5.80. The highest BCUT2D eigenvalue weighted by molar-refractivity contribution is 6.01. The highest BCUT2D eigenvalue weighted by Crippen LogP contribution is 2.39. The molecule has 5 rings (SSSR count). The van der Waals surface area contributed by atoms with Crippen LogP contribution in [0.3, 0.4) is 0 Å². The van der Waals surface area contributed by atoms with E-state index in [4.69, 9.17) is 9.47 Å². The Labute approximate surface area is 197 Å². The molecule has 0 aliphatic heterocycles. The number of nitrogens with zero attached hydrogens (tertiary/aromatic N) is 2. The minimum Gasteiger partial charge on any atom is -0.496 e. The van der Waals surface area contributed by atoms with Crippen molar-refractivity contribution in [2.45, 2.75) is 64.0 Å². The number of hydrogen-bond donors (Lipinski definition) is 1. The van der Waals surface area contributed by atoms with Gasteiger partial charge in [0.15, 0.2) is 0 Å². The lowest BCUT2D eigenvalue weighted by atomic mass is 9.87. The lowest BCUT2D eigenvalue weighted by Crippen LogP contribution is -2.26.